The van der Waals surface area contributed by atoms with Gasteiger partial charge in [-0.15, -0.1) is 0 Å². The number of amides is 2. The third-order valence-corrected chi connectivity index (χ3v) is 10.7. The predicted molar refractivity (Wildman–Crippen MR) is 173 cm³/mol. The lowest BCUT2D eigenvalue weighted by molar-refractivity contribution is -0.140. The van der Waals surface area contributed by atoms with Crippen molar-refractivity contribution in [3.8, 4) is 0 Å². The molecule has 1 unspecified atom stereocenters. The van der Waals surface area contributed by atoms with Crippen LogP contribution in [0.4, 0.5) is 5.69 Å². The molecule has 1 atom stereocenters. The van der Waals surface area contributed by atoms with Gasteiger partial charge in [0.25, 0.3) is 10.0 Å². The summed E-state index contributed by atoms with van der Waals surface area (Å²) in [6.07, 6.45) is 4.18. The molecule has 7 nitrogen and oxygen atoms in total. The first-order chi connectivity index (χ1) is 20.4. The molecule has 1 aliphatic rings. The number of halogens is 3. The van der Waals surface area contributed by atoms with E-state index in [1.807, 2.05) is 13.8 Å². The van der Waals surface area contributed by atoms with Crippen LogP contribution in [0.15, 0.2) is 65.6 Å². The zero-order valence-corrected chi connectivity index (χ0v) is 27.5. The molecular formula is C32H36Cl3N3O4S. The number of hydrogen-bond acceptors (Lipinski definition) is 4. The van der Waals surface area contributed by atoms with Crippen LogP contribution in [0.1, 0.15) is 55.7 Å². The monoisotopic (exact) mass is 663 g/mol. The molecule has 0 bridgehead atoms. The zero-order valence-electron chi connectivity index (χ0n) is 24.4. The highest BCUT2D eigenvalue weighted by molar-refractivity contribution is 7.92. The standard InChI is InChI=1S/C32H36Cl3N3O4S/c1-4-29(32(40)36-24-8-5-6-9-24)37(19-23-14-17-27(34)28(35)18-23)31(39)20-38(30-11-7-10-26(33)22(30)3)43(41,42)25-15-12-21(2)13-16-25/h7,10-18,24,29H,4-6,8-9,19-20H2,1-3H3,(H,36,40). The van der Waals surface area contributed by atoms with E-state index in [9.17, 15) is 18.0 Å². The third-order valence-electron chi connectivity index (χ3n) is 7.82. The molecule has 1 N–H and O–H groups in total. The summed E-state index contributed by atoms with van der Waals surface area (Å²) >= 11 is 18.8. The van der Waals surface area contributed by atoms with Crippen molar-refractivity contribution in [1.29, 1.82) is 0 Å². The normalized spacial score (nSPS) is 14.4. The van der Waals surface area contributed by atoms with Crippen LogP contribution in [-0.2, 0) is 26.2 Å². The average Bonchev–Trinajstić information content (AvgIpc) is 3.48. The van der Waals surface area contributed by atoms with Gasteiger partial charge in [-0.2, -0.15) is 0 Å². The summed E-state index contributed by atoms with van der Waals surface area (Å²) in [5.41, 5.74) is 2.34. The zero-order chi connectivity index (χ0) is 31.3. The highest BCUT2D eigenvalue weighted by Gasteiger charge is 2.35. The lowest BCUT2D eigenvalue weighted by atomic mass is 10.1. The number of benzene rings is 3. The van der Waals surface area contributed by atoms with Crippen molar-refractivity contribution in [2.45, 2.75) is 76.4 Å². The number of sulfonamides is 1. The van der Waals surface area contributed by atoms with E-state index < -0.39 is 28.5 Å². The first kappa shape index (κ1) is 33.1. The molecule has 43 heavy (non-hydrogen) atoms. The van der Waals surface area contributed by atoms with Crippen LogP contribution in [-0.4, -0.2) is 43.8 Å². The molecule has 0 radical (unpaired) electrons. The minimum absolute atomic E-state index is 0.0270. The molecule has 0 spiro atoms. The van der Waals surface area contributed by atoms with Gasteiger partial charge in [-0.1, -0.05) is 84.4 Å². The average molecular weight is 665 g/mol. The molecule has 0 aromatic heterocycles. The summed E-state index contributed by atoms with van der Waals surface area (Å²) in [4.78, 5) is 29.4. The largest absolute Gasteiger partial charge is 0.352 e. The number of nitrogens with zero attached hydrogens (tertiary/aromatic N) is 2. The third kappa shape index (κ3) is 7.85. The summed E-state index contributed by atoms with van der Waals surface area (Å²) < 4.78 is 29.3. The van der Waals surface area contributed by atoms with Crippen LogP contribution in [0.25, 0.3) is 0 Å². The molecule has 1 fully saturated rings. The van der Waals surface area contributed by atoms with Crippen LogP contribution in [0, 0.1) is 13.8 Å². The molecule has 4 rings (SSSR count). The Bertz CT molecular complexity index is 1580. The fourth-order valence-corrected chi connectivity index (χ4v) is 7.30. The topological polar surface area (TPSA) is 86.8 Å². The highest BCUT2D eigenvalue weighted by Crippen LogP contribution is 2.32. The fourth-order valence-electron chi connectivity index (χ4n) is 5.34. The fraction of sp³-hybridized carbons (Fsp3) is 0.375. The number of rotatable bonds is 11. The molecule has 11 heteroatoms. The molecule has 3 aromatic carbocycles. The molecule has 0 heterocycles. The van der Waals surface area contributed by atoms with Crippen LogP contribution in [0.2, 0.25) is 15.1 Å². The van der Waals surface area contributed by atoms with Crippen molar-refractivity contribution in [2.24, 2.45) is 0 Å². The van der Waals surface area contributed by atoms with Gasteiger partial charge >= 0.3 is 0 Å². The van der Waals surface area contributed by atoms with E-state index in [2.05, 4.69) is 5.32 Å². The molecule has 0 aliphatic heterocycles. The van der Waals surface area contributed by atoms with Gasteiger partial charge in [0.05, 0.1) is 20.6 Å². The predicted octanol–water partition coefficient (Wildman–Crippen LogP) is 7.33. The van der Waals surface area contributed by atoms with E-state index >= 15 is 0 Å². The Labute approximate surface area is 269 Å². The summed E-state index contributed by atoms with van der Waals surface area (Å²) in [7, 11) is -4.21. The minimum atomic E-state index is -4.21. The minimum Gasteiger partial charge on any atom is -0.352 e. The Balaban J connectivity index is 1.76. The van der Waals surface area contributed by atoms with Crippen LogP contribution < -0.4 is 9.62 Å². The van der Waals surface area contributed by atoms with Gasteiger partial charge in [0.1, 0.15) is 12.6 Å². The number of hydrogen-bond donors (Lipinski definition) is 1. The highest BCUT2D eigenvalue weighted by atomic mass is 35.5. The second-order valence-corrected chi connectivity index (χ2v) is 14.0. The van der Waals surface area contributed by atoms with Crippen LogP contribution >= 0.6 is 34.8 Å². The van der Waals surface area contributed by atoms with E-state index in [1.54, 1.807) is 55.5 Å². The summed E-state index contributed by atoms with van der Waals surface area (Å²) in [6, 6.07) is 15.6. The maximum absolute atomic E-state index is 14.3. The van der Waals surface area contributed by atoms with Crippen LogP contribution in [0.5, 0.6) is 0 Å². The van der Waals surface area contributed by atoms with Crippen molar-refractivity contribution in [3.63, 3.8) is 0 Å². The molecule has 0 saturated heterocycles. The van der Waals surface area contributed by atoms with Crippen LogP contribution in [0.3, 0.4) is 0 Å². The Kier molecular flexibility index (Phi) is 11.0. The van der Waals surface area contributed by atoms with Crippen molar-refractivity contribution in [3.05, 3.63) is 92.4 Å². The summed E-state index contributed by atoms with van der Waals surface area (Å²) in [6.45, 7) is 4.87. The van der Waals surface area contributed by atoms with E-state index in [0.717, 1.165) is 35.6 Å². The van der Waals surface area contributed by atoms with Crippen molar-refractivity contribution in [1.82, 2.24) is 10.2 Å². The van der Waals surface area contributed by atoms with Gasteiger partial charge < -0.3 is 10.2 Å². The number of nitrogens with one attached hydrogen (secondary N) is 1. The quantitative estimate of drug-likeness (QED) is 0.233. The lowest BCUT2D eigenvalue weighted by Gasteiger charge is -2.34. The second kappa shape index (κ2) is 14.3. The molecule has 3 aromatic rings. The number of aryl methyl sites for hydroxylation is 1. The number of carbonyl (C=O) groups is 2. The first-order valence-electron chi connectivity index (χ1n) is 14.3. The Morgan fingerprint density at radius 2 is 1.60 bits per heavy atom. The number of carbonyl (C=O) groups excluding carboxylic acids is 2. The summed E-state index contributed by atoms with van der Waals surface area (Å²) in [5, 5.41) is 4.15. The molecule has 2 amide bonds. The van der Waals surface area contributed by atoms with Crippen molar-refractivity contribution >= 4 is 62.3 Å². The molecule has 230 valence electrons. The Hall–Kier alpha value is -2.78. The first-order valence-corrected chi connectivity index (χ1v) is 16.9. The lowest BCUT2D eigenvalue weighted by Crippen LogP contribution is -2.53. The second-order valence-electron chi connectivity index (χ2n) is 10.9. The van der Waals surface area contributed by atoms with Gasteiger partial charge in [0, 0.05) is 17.6 Å². The molecular weight excluding hydrogens is 629 g/mol. The van der Waals surface area contributed by atoms with Gasteiger partial charge in [0.2, 0.25) is 11.8 Å². The van der Waals surface area contributed by atoms with E-state index in [0.29, 0.717) is 32.6 Å². The molecule has 1 aliphatic carbocycles. The Morgan fingerprint density at radius 3 is 2.23 bits per heavy atom. The van der Waals surface area contributed by atoms with Gasteiger partial charge in [-0.25, -0.2) is 8.42 Å². The SMILES string of the molecule is CCC(C(=O)NC1CCCC1)N(Cc1ccc(Cl)c(Cl)c1)C(=O)CN(c1cccc(Cl)c1C)S(=O)(=O)c1ccc(C)cc1. The van der Waals surface area contributed by atoms with Crippen molar-refractivity contribution in [2.75, 3.05) is 10.8 Å². The van der Waals surface area contributed by atoms with Gasteiger partial charge in [-0.3, -0.25) is 13.9 Å². The molecule has 1 saturated carbocycles. The van der Waals surface area contributed by atoms with E-state index in [1.165, 1.54) is 17.0 Å². The smallest absolute Gasteiger partial charge is 0.264 e. The maximum atomic E-state index is 14.3. The van der Waals surface area contributed by atoms with E-state index in [-0.39, 0.29) is 29.1 Å². The Morgan fingerprint density at radius 1 is 0.930 bits per heavy atom. The maximum Gasteiger partial charge on any atom is 0.264 e. The van der Waals surface area contributed by atoms with Gasteiger partial charge in [0.15, 0.2) is 0 Å². The van der Waals surface area contributed by atoms with E-state index in [4.69, 9.17) is 34.8 Å². The number of anilines is 1. The summed E-state index contributed by atoms with van der Waals surface area (Å²) in [5.74, 6) is -0.816. The van der Waals surface area contributed by atoms with Gasteiger partial charge in [-0.05, 0) is 80.6 Å². The van der Waals surface area contributed by atoms with Crippen molar-refractivity contribution < 1.29 is 18.0 Å².